The van der Waals surface area contributed by atoms with Gasteiger partial charge in [-0.15, -0.1) is 0 Å². The average molecular weight is 606 g/mol. The van der Waals surface area contributed by atoms with Gasteiger partial charge in [-0.25, -0.2) is 9.78 Å². The molecule has 0 aliphatic carbocycles. The van der Waals surface area contributed by atoms with E-state index in [1.807, 2.05) is 82.3 Å². The topological polar surface area (TPSA) is 106 Å². The van der Waals surface area contributed by atoms with Crippen molar-refractivity contribution in [3.8, 4) is 11.4 Å². The van der Waals surface area contributed by atoms with Crippen LogP contribution in [-0.2, 0) is 53.5 Å². The minimum Gasteiger partial charge on any atom is -0.457 e. The fraction of sp³-hybridized carbons (Fsp3) is 0.371. The molecule has 10 heteroatoms. The van der Waals surface area contributed by atoms with E-state index in [0.29, 0.717) is 35.5 Å². The van der Waals surface area contributed by atoms with Crippen LogP contribution in [0.15, 0.2) is 65.5 Å². The molecule has 1 atom stereocenters. The number of carbonyl (C=O) groups is 2. The molecule has 0 spiro atoms. The molecule has 2 aromatic carbocycles. The smallest absolute Gasteiger partial charge is 0.457 e. The molecule has 1 saturated heterocycles. The molecule has 0 N–H and O–H groups in total. The van der Waals surface area contributed by atoms with Crippen molar-refractivity contribution >= 4 is 35.4 Å². The highest BCUT2D eigenvalue weighted by molar-refractivity contribution is 6.62. The Kier molecular flexibility index (Phi) is 6.80. The molecule has 4 aromatic rings. The van der Waals surface area contributed by atoms with Gasteiger partial charge in [0.05, 0.1) is 40.2 Å². The number of benzene rings is 2. The number of aromatic nitrogens is 2. The molecule has 3 aliphatic heterocycles. The van der Waals surface area contributed by atoms with Gasteiger partial charge in [-0.1, -0.05) is 49.4 Å². The van der Waals surface area contributed by atoms with Crippen LogP contribution in [0.3, 0.4) is 0 Å². The van der Waals surface area contributed by atoms with E-state index in [1.54, 1.807) is 17.6 Å². The predicted octanol–water partition coefficient (Wildman–Crippen LogP) is 4.56. The molecule has 45 heavy (non-hydrogen) atoms. The van der Waals surface area contributed by atoms with Gasteiger partial charge < -0.3 is 23.3 Å². The fourth-order valence-electron chi connectivity index (χ4n) is 6.53. The van der Waals surface area contributed by atoms with Crippen LogP contribution in [0.25, 0.3) is 22.3 Å². The predicted molar refractivity (Wildman–Crippen MR) is 169 cm³/mol. The average Bonchev–Trinajstić information content (AvgIpc) is 3.48. The zero-order valence-corrected chi connectivity index (χ0v) is 26.1. The van der Waals surface area contributed by atoms with Crippen molar-refractivity contribution in [2.24, 2.45) is 0 Å². The number of aryl methyl sites for hydroxylation is 1. The summed E-state index contributed by atoms with van der Waals surface area (Å²) in [6.07, 6.45) is 0.454. The Morgan fingerprint density at radius 3 is 2.47 bits per heavy atom. The molecule has 0 radical (unpaired) electrons. The van der Waals surface area contributed by atoms with Gasteiger partial charge in [0.2, 0.25) is 5.60 Å². The van der Waals surface area contributed by atoms with Gasteiger partial charge in [-0.2, -0.15) is 0 Å². The fourth-order valence-corrected chi connectivity index (χ4v) is 6.53. The third-order valence-corrected chi connectivity index (χ3v) is 9.83. The molecule has 7 rings (SSSR count). The molecule has 230 valence electrons. The minimum absolute atomic E-state index is 0.00117. The molecule has 2 aromatic heterocycles. The van der Waals surface area contributed by atoms with Gasteiger partial charge in [-0.3, -0.25) is 9.59 Å². The Hall–Kier alpha value is -4.28. The zero-order chi connectivity index (χ0) is 31.7. The molecular weight excluding hydrogens is 571 g/mol. The van der Waals surface area contributed by atoms with Crippen molar-refractivity contribution in [1.82, 2.24) is 9.55 Å². The first-order chi connectivity index (χ1) is 21.4. The number of para-hydroxylation sites is 1. The Morgan fingerprint density at radius 1 is 1.00 bits per heavy atom. The van der Waals surface area contributed by atoms with E-state index in [-0.39, 0.29) is 25.0 Å². The van der Waals surface area contributed by atoms with Crippen LogP contribution in [0, 0.1) is 0 Å². The van der Waals surface area contributed by atoms with Gasteiger partial charge in [0.1, 0.15) is 6.61 Å². The second kappa shape index (κ2) is 10.4. The summed E-state index contributed by atoms with van der Waals surface area (Å²) >= 11 is 0. The van der Waals surface area contributed by atoms with E-state index in [0.717, 1.165) is 27.5 Å². The molecule has 1 fully saturated rings. The normalized spacial score (nSPS) is 20.8. The second-order valence-electron chi connectivity index (χ2n) is 13.0. The third kappa shape index (κ3) is 4.61. The van der Waals surface area contributed by atoms with Gasteiger partial charge in [0.15, 0.2) is 0 Å². The zero-order valence-electron chi connectivity index (χ0n) is 26.1. The highest BCUT2D eigenvalue weighted by Gasteiger charge is 2.53. The molecule has 0 saturated carbocycles. The maximum atomic E-state index is 13.8. The number of fused-ring (bicyclic) bond motifs is 5. The molecule has 9 nitrogen and oxygen atoms in total. The summed E-state index contributed by atoms with van der Waals surface area (Å²) in [5.41, 5.74) is 2.39. The summed E-state index contributed by atoms with van der Waals surface area (Å²) in [6, 6.07) is 19.3. The van der Waals surface area contributed by atoms with Crippen LogP contribution in [0.1, 0.15) is 69.7 Å². The van der Waals surface area contributed by atoms with Gasteiger partial charge in [-0.05, 0) is 69.8 Å². The monoisotopic (exact) mass is 606 g/mol. The summed E-state index contributed by atoms with van der Waals surface area (Å²) in [6.45, 7) is 9.92. The van der Waals surface area contributed by atoms with Crippen molar-refractivity contribution in [1.29, 1.82) is 0 Å². The third-order valence-electron chi connectivity index (χ3n) is 9.83. The van der Waals surface area contributed by atoms with E-state index in [1.165, 1.54) is 0 Å². The van der Waals surface area contributed by atoms with Crippen LogP contribution in [0.5, 0.6) is 0 Å². The van der Waals surface area contributed by atoms with Crippen molar-refractivity contribution in [2.45, 2.75) is 83.8 Å². The van der Waals surface area contributed by atoms with Crippen LogP contribution >= 0.6 is 0 Å². The quantitative estimate of drug-likeness (QED) is 0.205. The number of ether oxygens (including phenoxy) is 2. The van der Waals surface area contributed by atoms with E-state index in [2.05, 4.69) is 0 Å². The number of carbonyl (C=O) groups excluding carboxylic acids is 2. The molecule has 3 aliphatic rings. The SMILES string of the molecule is CC[C@@]1(OC(=O)CCc2ccccc2B2OC(C)(C)C(C)(C)O2)C(=O)OCc2c1cc1n(c2=O)Cc2cc3ccccc3nc2-1. The number of rotatable bonds is 6. The van der Waals surface area contributed by atoms with Crippen molar-refractivity contribution < 1.29 is 28.4 Å². The summed E-state index contributed by atoms with van der Waals surface area (Å²) < 4.78 is 25.7. The number of hydrogen-bond acceptors (Lipinski definition) is 8. The first kappa shape index (κ1) is 29.4. The Bertz CT molecular complexity index is 1930. The molecule has 5 heterocycles. The van der Waals surface area contributed by atoms with E-state index in [9.17, 15) is 14.4 Å². The Balaban J connectivity index is 1.19. The summed E-state index contributed by atoms with van der Waals surface area (Å²) in [5.74, 6) is -1.26. The number of cyclic esters (lactones) is 1. The van der Waals surface area contributed by atoms with E-state index < -0.39 is 35.9 Å². The van der Waals surface area contributed by atoms with Crippen LogP contribution in [-0.4, -0.2) is 39.8 Å². The van der Waals surface area contributed by atoms with Crippen LogP contribution < -0.4 is 11.0 Å². The first-order valence-electron chi connectivity index (χ1n) is 15.4. The molecule has 0 unspecified atom stereocenters. The van der Waals surface area contributed by atoms with Crippen LogP contribution in [0.2, 0.25) is 0 Å². The highest BCUT2D eigenvalue weighted by atomic mass is 16.7. The maximum Gasteiger partial charge on any atom is 0.495 e. The van der Waals surface area contributed by atoms with Crippen molar-refractivity contribution in [3.05, 3.63) is 93.3 Å². The lowest BCUT2D eigenvalue weighted by Gasteiger charge is -2.35. The second-order valence-corrected chi connectivity index (χ2v) is 13.0. The largest absolute Gasteiger partial charge is 0.495 e. The molecular formula is C35H35BN2O7. The highest BCUT2D eigenvalue weighted by Crippen LogP contribution is 2.41. The lowest BCUT2D eigenvalue weighted by Crippen LogP contribution is -2.47. The van der Waals surface area contributed by atoms with Crippen molar-refractivity contribution in [2.75, 3.05) is 0 Å². The summed E-state index contributed by atoms with van der Waals surface area (Å²) in [4.78, 5) is 45.6. The Labute approximate surface area is 261 Å². The summed E-state index contributed by atoms with van der Waals surface area (Å²) in [7, 11) is -0.576. The minimum atomic E-state index is -1.75. The number of esters is 2. The van der Waals surface area contributed by atoms with Crippen molar-refractivity contribution in [3.63, 3.8) is 0 Å². The maximum absolute atomic E-state index is 13.8. The number of nitrogens with zero attached hydrogens (tertiary/aromatic N) is 2. The Morgan fingerprint density at radius 2 is 1.71 bits per heavy atom. The van der Waals surface area contributed by atoms with E-state index in [4.69, 9.17) is 23.8 Å². The van der Waals surface area contributed by atoms with Gasteiger partial charge in [0.25, 0.3) is 5.56 Å². The molecule has 0 amide bonds. The lowest BCUT2D eigenvalue weighted by atomic mass is 9.75. The van der Waals surface area contributed by atoms with Gasteiger partial charge in [0, 0.05) is 22.9 Å². The summed E-state index contributed by atoms with van der Waals surface area (Å²) in [5, 5.41) is 0.984. The standard InChI is InChI=1S/C35H35BN2O7/c1-6-35(43-29(39)16-15-21-11-7-9-13-26(21)36-44-33(2,3)34(4,5)45-36)25-18-28-30-23(17-22-12-8-10-14-27(22)37-30)19-38(28)31(40)24(25)20-42-32(35)41/h7-14,17-18H,6,15-16,19-20H2,1-5H3/t35-/m0/s1. The first-order valence-corrected chi connectivity index (χ1v) is 15.4. The number of pyridine rings is 2. The van der Waals surface area contributed by atoms with Gasteiger partial charge >= 0.3 is 19.1 Å². The molecule has 0 bridgehead atoms. The number of hydrogen-bond donors (Lipinski definition) is 0. The lowest BCUT2D eigenvalue weighted by molar-refractivity contribution is -0.189. The van der Waals surface area contributed by atoms with E-state index >= 15 is 0 Å². The van der Waals surface area contributed by atoms with Crippen LogP contribution in [0.4, 0.5) is 0 Å².